The Hall–Kier alpha value is -3.60. The lowest BCUT2D eigenvalue weighted by atomic mass is 9.97. The molecule has 2 N–H and O–H groups in total. The molecule has 0 radical (unpaired) electrons. The third kappa shape index (κ3) is 6.19. The molecule has 11 heteroatoms. The molecule has 1 fully saturated rings. The standard InChI is InChI=1S/C28H25ClN4O4S2/c1-16-31-24(25(38-16)17-5-3-2-4-6-17)26(36)32-19-7-8-22(29)21(13-19)28(37)33-11-9-18(10-12-33)27-30-15-20(39-27)14-23(34)35/h2-8,13,15,18H,9-12,14H2,1H3,(H,32,36)(H,34,35). The second-order valence-corrected chi connectivity index (χ2v) is 12.0. The van der Waals surface area contributed by atoms with Crippen LogP contribution in [-0.4, -0.2) is 50.8 Å². The highest BCUT2D eigenvalue weighted by Crippen LogP contribution is 2.33. The molecule has 0 saturated carbocycles. The Morgan fingerprint density at radius 3 is 2.56 bits per heavy atom. The van der Waals surface area contributed by atoms with E-state index in [0.717, 1.165) is 38.2 Å². The van der Waals surface area contributed by atoms with Crippen molar-refractivity contribution in [2.75, 3.05) is 18.4 Å². The van der Waals surface area contributed by atoms with Gasteiger partial charge < -0.3 is 15.3 Å². The Bertz CT molecular complexity index is 1530. The summed E-state index contributed by atoms with van der Waals surface area (Å²) in [5.74, 6) is -1.25. The van der Waals surface area contributed by atoms with Crippen molar-refractivity contribution in [2.24, 2.45) is 0 Å². The van der Waals surface area contributed by atoms with Crippen molar-refractivity contribution in [2.45, 2.75) is 32.1 Å². The summed E-state index contributed by atoms with van der Waals surface area (Å²) in [5, 5.41) is 13.9. The molecule has 0 spiro atoms. The molecule has 0 aliphatic carbocycles. The van der Waals surface area contributed by atoms with E-state index in [1.54, 1.807) is 29.3 Å². The highest BCUT2D eigenvalue weighted by molar-refractivity contribution is 7.15. The number of hydrogen-bond donors (Lipinski definition) is 2. The number of aromatic nitrogens is 2. The summed E-state index contributed by atoms with van der Waals surface area (Å²) in [4.78, 5) is 49.7. The fourth-order valence-electron chi connectivity index (χ4n) is 4.57. The molecular formula is C28H25ClN4O4S2. The topological polar surface area (TPSA) is 112 Å². The van der Waals surface area contributed by atoms with Crippen molar-refractivity contribution >= 4 is 57.7 Å². The molecule has 39 heavy (non-hydrogen) atoms. The second kappa shape index (κ2) is 11.6. The van der Waals surface area contributed by atoms with Gasteiger partial charge in [0.15, 0.2) is 0 Å². The molecule has 2 amide bonds. The van der Waals surface area contributed by atoms with Crippen LogP contribution in [0.5, 0.6) is 0 Å². The lowest BCUT2D eigenvalue weighted by Crippen LogP contribution is -2.38. The number of benzene rings is 2. The number of amides is 2. The van der Waals surface area contributed by atoms with Crippen LogP contribution in [0.4, 0.5) is 5.69 Å². The summed E-state index contributed by atoms with van der Waals surface area (Å²) >= 11 is 9.29. The van der Waals surface area contributed by atoms with E-state index < -0.39 is 5.97 Å². The number of nitrogens with one attached hydrogen (secondary N) is 1. The maximum absolute atomic E-state index is 13.4. The zero-order valence-corrected chi connectivity index (χ0v) is 23.4. The van der Waals surface area contributed by atoms with Gasteiger partial charge in [-0.2, -0.15) is 0 Å². The molecule has 200 valence electrons. The van der Waals surface area contributed by atoms with Crippen LogP contribution >= 0.6 is 34.3 Å². The quantitative estimate of drug-likeness (QED) is 0.272. The van der Waals surface area contributed by atoms with Crippen LogP contribution in [0.2, 0.25) is 5.02 Å². The SMILES string of the molecule is Cc1nc(C(=O)Nc2ccc(Cl)c(C(=O)N3CCC(c4ncc(CC(=O)O)s4)CC3)c2)c(-c2ccccc2)s1. The van der Waals surface area contributed by atoms with Crippen LogP contribution in [0.3, 0.4) is 0 Å². The number of anilines is 1. The summed E-state index contributed by atoms with van der Waals surface area (Å²) in [7, 11) is 0. The predicted octanol–water partition coefficient (Wildman–Crippen LogP) is 6.13. The average molecular weight is 581 g/mol. The molecule has 2 aromatic heterocycles. The monoisotopic (exact) mass is 580 g/mol. The van der Waals surface area contributed by atoms with Crippen molar-refractivity contribution < 1.29 is 19.5 Å². The Kier molecular flexibility index (Phi) is 8.06. The number of thiazole rings is 2. The maximum atomic E-state index is 13.4. The summed E-state index contributed by atoms with van der Waals surface area (Å²) in [6, 6.07) is 14.5. The maximum Gasteiger partial charge on any atom is 0.308 e. The molecule has 0 unspecified atom stereocenters. The van der Waals surface area contributed by atoms with Crippen molar-refractivity contribution in [3.8, 4) is 10.4 Å². The predicted molar refractivity (Wildman–Crippen MR) is 153 cm³/mol. The van der Waals surface area contributed by atoms with Crippen LogP contribution < -0.4 is 5.32 Å². The number of likely N-dealkylation sites (tertiary alicyclic amines) is 1. The Morgan fingerprint density at radius 2 is 1.85 bits per heavy atom. The zero-order chi connectivity index (χ0) is 27.5. The number of nitrogens with zero attached hydrogens (tertiary/aromatic N) is 3. The van der Waals surface area contributed by atoms with Crippen LogP contribution in [0.1, 0.15) is 54.5 Å². The Labute approximate surface area is 238 Å². The smallest absolute Gasteiger partial charge is 0.308 e. The van der Waals surface area contributed by atoms with E-state index in [2.05, 4.69) is 15.3 Å². The molecule has 1 aliphatic rings. The summed E-state index contributed by atoms with van der Waals surface area (Å²) < 4.78 is 0. The fourth-order valence-corrected chi connectivity index (χ4v) is 6.76. The summed E-state index contributed by atoms with van der Waals surface area (Å²) in [6.07, 6.45) is 3.05. The van der Waals surface area contributed by atoms with Gasteiger partial charge in [-0.05, 0) is 43.5 Å². The number of hydrogen-bond acceptors (Lipinski definition) is 7. The summed E-state index contributed by atoms with van der Waals surface area (Å²) in [6.45, 7) is 2.92. The molecule has 5 rings (SSSR count). The highest BCUT2D eigenvalue weighted by Gasteiger charge is 2.28. The van der Waals surface area contributed by atoms with E-state index in [4.69, 9.17) is 16.7 Å². The van der Waals surface area contributed by atoms with Gasteiger partial charge in [-0.3, -0.25) is 14.4 Å². The lowest BCUT2D eigenvalue weighted by Gasteiger charge is -2.31. The zero-order valence-electron chi connectivity index (χ0n) is 21.0. The molecule has 4 aromatic rings. The third-order valence-corrected chi connectivity index (χ3v) is 8.98. The first-order chi connectivity index (χ1) is 18.8. The number of carbonyl (C=O) groups is 3. The van der Waals surface area contributed by atoms with E-state index in [9.17, 15) is 14.4 Å². The normalized spacial score (nSPS) is 13.8. The van der Waals surface area contributed by atoms with Crippen molar-refractivity contribution in [1.82, 2.24) is 14.9 Å². The molecule has 2 aromatic carbocycles. The largest absolute Gasteiger partial charge is 0.481 e. The van der Waals surface area contributed by atoms with Crippen LogP contribution in [0, 0.1) is 6.92 Å². The first kappa shape index (κ1) is 27.0. The number of rotatable bonds is 7. The van der Waals surface area contributed by atoms with Gasteiger partial charge in [0.05, 0.1) is 31.9 Å². The third-order valence-electron chi connectivity index (χ3n) is 6.47. The van der Waals surface area contributed by atoms with Crippen LogP contribution in [0.15, 0.2) is 54.7 Å². The van der Waals surface area contributed by atoms with Gasteiger partial charge in [-0.1, -0.05) is 41.9 Å². The molecule has 0 atom stereocenters. The van der Waals surface area contributed by atoms with Crippen LogP contribution in [0.25, 0.3) is 10.4 Å². The minimum atomic E-state index is -0.876. The first-order valence-corrected chi connectivity index (χ1v) is 14.4. The highest BCUT2D eigenvalue weighted by atomic mass is 35.5. The van der Waals surface area contributed by atoms with E-state index in [1.807, 2.05) is 37.3 Å². The molecule has 8 nitrogen and oxygen atoms in total. The summed E-state index contributed by atoms with van der Waals surface area (Å²) in [5.41, 5.74) is 2.03. The number of carboxylic acids is 1. The van der Waals surface area contributed by atoms with Gasteiger partial charge in [0, 0.05) is 35.8 Å². The van der Waals surface area contributed by atoms with E-state index in [0.29, 0.717) is 35.1 Å². The van der Waals surface area contributed by atoms with Gasteiger partial charge in [-0.25, -0.2) is 9.97 Å². The van der Waals surface area contributed by atoms with Crippen LogP contribution in [-0.2, 0) is 11.2 Å². The van der Waals surface area contributed by atoms with Gasteiger partial charge in [0.25, 0.3) is 11.8 Å². The lowest BCUT2D eigenvalue weighted by molar-refractivity contribution is -0.136. The number of piperidine rings is 1. The van der Waals surface area contributed by atoms with Crippen molar-refractivity contribution in [1.29, 1.82) is 0 Å². The number of carbonyl (C=O) groups excluding carboxylic acids is 2. The second-order valence-electron chi connectivity index (χ2n) is 9.23. The molecule has 0 bridgehead atoms. The van der Waals surface area contributed by atoms with E-state index in [1.165, 1.54) is 22.7 Å². The average Bonchev–Trinajstić information content (AvgIpc) is 3.56. The number of halogens is 1. The molecular weight excluding hydrogens is 556 g/mol. The van der Waals surface area contributed by atoms with E-state index in [-0.39, 0.29) is 24.2 Å². The minimum Gasteiger partial charge on any atom is -0.481 e. The fraction of sp³-hybridized carbons (Fsp3) is 0.250. The van der Waals surface area contributed by atoms with Gasteiger partial charge in [0.1, 0.15) is 5.69 Å². The van der Waals surface area contributed by atoms with E-state index >= 15 is 0 Å². The number of aryl methyl sites for hydroxylation is 1. The molecule has 1 saturated heterocycles. The van der Waals surface area contributed by atoms with Gasteiger partial charge in [-0.15, -0.1) is 22.7 Å². The Balaban J connectivity index is 1.26. The van der Waals surface area contributed by atoms with Crippen molar-refractivity contribution in [3.05, 3.63) is 85.9 Å². The number of carboxylic acid groups (broad SMARTS) is 1. The van der Waals surface area contributed by atoms with Crippen molar-refractivity contribution in [3.63, 3.8) is 0 Å². The molecule has 1 aliphatic heterocycles. The first-order valence-electron chi connectivity index (χ1n) is 12.4. The van der Waals surface area contributed by atoms with Gasteiger partial charge in [0.2, 0.25) is 0 Å². The Morgan fingerprint density at radius 1 is 1.10 bits per heavy atom. The number of aliphatic carboxylic acids is 1. The molecule has 3 heterocycles. The van der Waals surface area contributed by atoms with Gasteiger partial charge >= 0.3 is 5.97 Å². The minimum absolute atomic E-state index is 0.0317.